The van der Waals surface area contributed by atoms with Gasteiger partial charge in [0.1, 0.15) is 11.6 Å². The van der Waals surface area contributed by atoms with Crippen molar-refractivity contribution >= 4 is 28.8 Å². The predicted molar refractivity (Wildman–Crippen MR) is 89.3 cm³/mol. The fourth-order valence-electron chi connectivity index (χ4n) is 1.84. The normalized spacial score (nSPS) is 10.2. The van der Waals surface area contributed by atoms with Crippen molar-refractivity contribution in [3.63, 3.8) is 0 Å². The summed E-state index contributed by atoms with van der Waals surface area (Å²) in [5, 5.41) is 0.430. The third kappa shape index (κ3) is 4.09. The highest BCUT2D eigenvalue weighted by molar-refractivity contribution is 7.80. The molecule has 0 atom stereocenters. The van der Waals surface area contributed by atoms with Gasteiger partial charge in [-0.3, -0.25) is 0 Å². The predicted octanol–water partition coefficient (Wildman–Crippen LogP) is 3.95. The fourth-order valence-corrected chi connectivity index (χ4v) is 2.23. The zero-order chi connectivity index (χ0) is 15.2. The van der Waals surface area contributed by atoms with Gasteiger partial charge in [-0.2, -0.15) is 0 Å². The van der Waals surface area contributed by atoms with Crippen molar-refractivity contribution < 1.29 is 9.47 Å². The molecule has 0 amide bonds. The highest BCUT2D eigenvalue weighted by Crippen LogP contribution is 2.37. The number of hydrogen-bond acceptors (Lipinski definition) is 3. The Morgan fingerprint density at radius 2 is 1.90 bits per heavy atom. The van der Waals surface area contributed by atoms with Gasteiger partial charge in [-0.05, 0) is 24.6 Å². The molecule has 0 spiro atoms. The molecule has 0 heterocycles. The minimum atomic E-state index is 0.271. The van der Waals surface area contributed by atoms with E-state index in [0.29, 0.717) is 35.3 Å². The molecule has 0 unspecified atom stereocenters. The molecule has 0 fully saturated rings. The Balaban J connectivity index is 2.26. The molecule has 2 aromatic rings. The van der Waals surface area contributed by atoms with E-state index in [2.05, 4.69) is 0 Å². The standard InChI is InChI=1S/C16H16ClNO2S/c1-2-19-14-9-12(16(18)21)8-13(17)15(14)20-10-11-6-4-3-5-7-11/h3-9H,2,10H2,1H3,(H2,18,21). The maximum absolute atomic E-state index is 6.26. The van der Waals surface area contributed by atoms with Crippen LogP contribution < -0.4 is 15.2 Å². The van der Waals surface area contributed by atoms with E-state index in [9.17, 15) is 0 Å². The molecule has 0 aliphatic carbocycles. The van der Waals surface area contributed by atoms with Gasteiger partial charge < -0.3 is 15.2 Å². The number of rotatable bonds is 6. The maximum atomic E-state index is 6.26. The Hall–Kier alpha value is -1.78. The SMILES string of the molecule is CCOc1cc(C(N)=S)cc(Cl)c1OCc1ccccc1. The van der Waals surface area contributed by atoms with Crippen LogP contribution in [0.2, 0.25) is 5.02 Å². The van der Waals surface area contributed by atoms with Crippen LogP contribution in [0.25, 0.3) is 0 Å². The summed E-state index contributed by atoms with van der Waals surface area (Å²) in [6.07, 6.45) is 0. The average Bonchev–Trinajstić information content (AvgIpc) is 2.47. The molecule has 0 bridgehead atoms. The zero-order valence-electron chi connectivity index (χ0n) is 11.6. The van der Waals surface area contributed by atoms with Crippen LogP contribution in [0.3, 0.4) is 0 Å². The Morgan fingerprint density at radius 1 is 1.19 bits per heavy atom. The van der Waals surface area contributed by atoms with E-state index in [1.54, 1.807) is 12.1 Å². The van der Waals surface area contributed by atoms with E-state index in [4.69, 9.17) is 39.0 Å². The van der Waals surface area contributed by atoms with Gasteiger partial charge in [0.15, 0.2) is 11.5 Å². The second-order valence-corrected chi connectivity index (χ2v) is 5.20. The van der Waals surface area contributed by atoms with E-state index in [-0.39, 0.29) is 4.99 Å². The number of hydrogen-bond donors (Lipinski definition) is 1. The molecule has 0 radical (unpaired) electrons. The average molecular weight is 322 g/mol. The summed E-state index contributed by atoms with van der Waals surface area (Å²) in [4.78, 5) is 0.271. The number of nitrogens with two attached hydrogens (primary N) is 1. The molecule has 2 N–H and O–H groups in total. The van der Waals surface area contributed by atoms with E-state index < -0.39 is 0 Å². The van der Waals surface area contributed by atoms with Gasteiger partial charge in [0, 0.05) is 5.56 Å². The molecule has 5 heteroatoms. The number of thiocarbonyl (C=S) groups is 1. The lowest BCUT2D eigenvalue weighted by atomic mass is 10.2. The molecule has 110 valence electrons. The van der Waals surface area contributed by atoms with Gasteiger partial charge in [0.05, 0.1) is 11.6 Å². The van der Waals surface area contributed by atoms with Crippen LogP contribution >= 0.6 is 23.8 Å². The van der Waals surface area contributed by atoms with Crippen LogP contribution in [0.1, 0.15) is 18.1 Å². The van der Waals surface area contributed by atoms with Crippen molar-refractivity contribution in [2.45, 2.75) is 13.5 Å². The van der Waals surface area contributed by atoms with Crippen LogP contribution in [0, 0.1) is 0 Å². The summed E-state index contributed by atoms with van der Waals surface area (Å²) >= 11 is 11.2. The summed E-state index contributed by atoms with van der Waals surface area (Å²) < 4.78 is 11.4. The summed E-state index contributed by atoms with van der Waals surface area (Å²) in [6.45, 7) is 2.80. The van der Waals surface area contributed by atoms with Crippen LogP contribution in [0.5, 0.6) is 11.5 Å². The minimum absolute atomic E-state index is 0.271. The second kappa shape index (κ2) is 7.29. The minimum Gasteiger partial charge on any atom is -0.490 e. The Labute approximate surface area is 134 Å². The van der Waals surface area contributed by atoms with Gasteiger partial charge in [-0.1, -0.05) is 54.2 Å². The highest BCUT2D eigenvalue weighted by Gasteiger charge is 2.14. The maximum Gasteiger partial charge on any atom is 0.180 e. The lowest BCUT2D eigenvalue weighted by molar-refractivity contribution is 0.269. The topological polar surface area (TPSA) is 44.5 Å². The summed E-state index contributed by atoms with van der Waals surface area (Å²) in [6, 6.07) is 13.3. The van der Waals surface area contributed by atoms with Crippen molar-refractivity contribution in [2.75, 3.05) is 6.61 Å². The van der Waals surface area contributed by atoms with Crippen molar-refractivity contribution in [3.8, 4) is 11.5 Å². The second-order valence-electron chi connectivity index (χ2n) is 4.36. The Kier molecular flexibility index (Phi) is 5.42. The van der Waals surface area contributed by atoms with Gasteiger partial charge in [-0.15, -0.1) is 0 Å². The molecule has 0 saturated carbocycles. The molecule has 0 aliphatic rings. The molecule has 21 heavy (non-hydrogen) atoms. The van der Waals surface area contributed by atoms with E-state index >= 15 is 0 Å². The lowest BCUT2D eigenvalue weighted by Crippen LogP contribution is -2.10. The third-order valence-electron chi connectivity index (χ3n) is 2.82. The largest absolute Gasteiger partial charge is 0.490 e. The quantitative estimate of drug-likeness (QED) is 0.818. The molecule has 0 saturated heterocycles. The summed E-state index contributed by atoms with van der Waals surface area (Å²) in [7, 11) is 0. The summed E-state index contributed by atoms with van der Waals surface area (Å²) in [5.41, 5.74) is 7.35. The fraction of sp³-hybridized carbons (Fsp3) is 0.188. The molecule has 0 aliphatic heterocycles. The zero-order valence-corrected chi connectivity index (χ0v) is 13.2. The molecule has 0 aromatic heterocycles. The van der Waals surface area contributed by atoms with Crippen LogP contribution in [-0.2, 0) is 6.61 Å². The van der Waals surface area contributed by atoms with E-state index in [1.165, 1.54) is 0 Å². The van der Waals surface area contributed by atoms with E-state index in [1.807, 2.05) is 37.3 Å². The van der Waals surface area contributed by atoms with Crippen LogP contribution in [-0.4, -0.2) is 11.6 Å². The first kappa shape index (κ1) is 15.6. The van der Waals surface area contributed by atoms with Crippen molar-refractivity contribution in [2.24, 2.45) is 5.73 Å². The van der Waals surface area contributed by atoms with Crippen LogP contribution in [0.4, 0.5) is 0 Å². The smallest absolute Gasteiger partial charge is 0.180 e. The highest BCUT2D eigenvalue weighted by atomic mass is 35.5. The summed E-state index contributed by atoms with van der Waals surface area (Å²) in [5.74, 6) is 1.05. The first-order chi connectivity index (χ1) is 10.1. The van der Waals surface area contributed by atoms with Crippen molar-refractivity contribution in [3.05, 3.63) is 58.6 Å². The monoisotopic (exact) mass is 321 g/mol. The van der Waals surface area contributed by atoms with Gasteiger partial charge in [0.2, 0.25) is 0 Å². The van der Waals surface area contributed by atoms with Gasteiger partial charge in [0.25, 0.3) is 0 Å². The molecule has 3 nitrogen and oxygen atoms in total. The van der Waals surface area contributed by atoms with E-state index in [0.717, 1.165) is 5.56 Å². The van der Waals surface area contributed by atoms with Crippen molar-refractivity contribution in [1.82, 2.24) is 0 Å². The molecular weight excluding hydrogens is 306 g/mol. The van der Waals surface area contributed by atoms with Crippen LogP contribution in [0.15, 0.2) is 42.5 Å². The number of halogens is 1. The lowest BCUT2D eigenvalue weighted by Gasteiger charge is -2.15. The first-order valence-corrected chi connectivity index (χ1v) is 7.33. The molecule has 2 aromatic carbocycles. The third-order valence-corrected chi connectivity index (χ3v) is 3.34. The molecular formula is C16H16ClNO2S. The number of ether oxygens (including phenoxy) is 2. The molecule has 2 rings (SSSR count). The Morgan fingerprint density at radius 3 is 2.52 bits per heavy atom. The van der Waals surface area contributed by atoms with Gasteiger partial charge >= 0.3 is 0 Å². The Bertz CT molecular complexity index is 632. The van der Waals surface area contributed by atoms with Gasteiger partial charge in [-0.25, -0.2) is 0 Å². The number of benzene rings is 2. The first-order valence-electron chi connectivity index (χ1n) is 6.54. The van der Waals surface area contributed by atoms with Crippen molar-refractivity contribution in [1.29, 1.82) is 0 Å².